The van der Waals surface area contributed by atoms with Crippen molar-refractivity contribution < 1.29 is 14.3 Å². The second-order valence-corrected chi connectivity index (χ2v) is 10.5. The molecule has 176 valence electrons. The van der Waals surface area contributed by atoms with Gasteiger partial charge in [0.15, 0.2) is 0 Å². The van der Waals surface area contributed by atoms with Gasteiger partial charge in [-0.25, -0.2) is 4.79 Å². The summed E-state index contributed by atoms with van der Waals surface area (Å²) in [5.74, 6) is 0.131. The van der Waals surface area contributed by atoms with Crippen LogP contribution in [0.15, 0.2) is 9.21 Å². The SMILES string of the molecule is CC(=O)N1CCc2c(c(Br)nn2C)C1.Cn1nc(Br)c2c1CCN(C(=O)OC(C)(C)C)C2. The Morgan fingerprint density at radius 3 is 1.75 bits per heavy atom. The zero-order chi connectivity index (χ0) is 23.8. The minimum atomic E-state index is -0.455. The number of aryl methyl sites for hydroxylation is 2. The number of fused-ring (bicyclic) bond motifs is 2. The van der Waals surface area contributed by atoms with Gasteiger partial charge >= 0.3 is 6.09 Å². The van der Waals surface area contributed by atoms with Gasteiger partial charge in [-0.1, -0.05) is 0 Å². The fraction of sp³-hybridized carbons (Fsp3) is 0.619. The van der Waals surface area contributed by atoms with Gasteiger partial charge in [-0.05, 0) is 52.6 Å². The van der Waals surface area contributed by atoms with Crippen LogP contribution in [-0.4, -0.2) is 60.1 Å². The fourth-order valence-corrected chi connectivity index (χ4v) is 5.03. The van der Waals surface area contributed by atoms with Crippen molar-refractivity contribution in [3.8, 4) is 0 Å². The Balaban J connectivity index is 0.000000186. The van der Waals surface area contributed by atoms with E-state index >= 15 is 0 Å². The number of hydrogen-bond donors (Lipinski definition) is 0. The Labute approximate surface area is 205 Å². The summed E-state index contributed by atoms with van der Waals surface area (Å²) >= 11 is 6.84. The van der Waals surface area contributed by atoms with Crippen LogP contribution in [0.5, 0.6) is 0 Å². The summed E-state index contributed by atoms with van der Waals surface area (Å²) in [5.41, 5.74) is 4.18. The lowest BCUT2D eigenvalue weighted by Gasteiger charge is -2.30. The molecule has 9 nitrogen and oxygen atoms in total. The molecule has 2 aliphatic heterocycles. The predicted molar refractivity (Wildman–Crippen MR) is 127 cm³/mol. The molecule has 2 aromatic rings. The molecule has 0 N–H and O–H groups in total. The van der Waals surface area contributed by atoms with Gasteiger partial charge in [0.2, 0.25) is 5.91 Å². The van der Waals surface area contributed by atoms with Gasteiger partial charge in [0.05, 0.1) is 13.1 Å². The van der Waals surface area contributed by atoms with Crippen LogP contribution < -0.4 is 0 Å². The van der Waals surface area contributed by atoms with Crippen molar-refractivity contribution in [2.45, 2.75) is 59.2 Å². The smallest absolute Gasteiger partial charge is 0.410 e. The molecule has 0 radical (unpaired) electrons. The van der Waals surface area contributed by atoms with E-state index in [9.17, 15) is 9.59 Å². The van der Waals surface area contributed by atoms with Crippen LogP contribution in [0.3, 0.4) is 0 Å². The molecule has 0 spiro atoms. The topological polar surface area (TPSA) is 85.5 Å². The maximum atomic E-state index is 12.0. The molecule has 0 aliphatic carbocycles. The zero-order valence-electron chi connectivity index (χ0n) is 19.4. The van der Waals surface area contributed by atoms with Crippen molar-refractivity contribution in [1.82, 2.24) is 29.4 Å². The van der Waals surface area contributed by atoms with Crippen LogP contribution >= 0.6 is 31.9 Å². The number of aromatic nitrogens is 4. The molecule has 32 heavy (non-hydrogen) atoms. The first kappa shape index (κ1) is 24.8. The first-order chi connectivity index (χ1) is 14.9. The molecule has 0 atom stereocenters. The molecule has 0 bridgehead atoms. The van der Waals surface area contributed by atoms with E-state index in [0.29, 0.717) is 19.6 Å². The van der Waals surface area contributed by atoms with Crippen LogP contribution in [0, 0.1) is 0 Å². The fourth-order valence-electron chi connectivity index (χ4n) is 3.84. The number of rotatable bonds is 0. The third-order valence-corrected chi connectivity index (χ3v) is 6.76. The third kappa shape index (κ3) is 5.54. The van der Waals surface area contributed by atoms with Crippen LogP contribution in [0.4, 0.5) is 4.79 Å². The van der Waals surface area contributed by atoms with Crippen molar-refractivity contribution in [3.05, 3.63) is 31.7 Å². The molecule has 0 saturated carbocycles. The van der Waals surface area contributed by atoms with Crippen molar-refractivity contribution in [2.75, 3.05) is 13.1 Å². The first-order valence-corrected chi connectivity index (χ1v) is 12.1. The molecule has 2 aliphatic rings. The Morgan fingerprint density at radius 1 is 0.875 bits per heavy atom. The molecule has 0 fully saturated rings. The Bertz CT molecular complexity index is 1020. The van der Waals surface area contributed by atoms with E-state index in [4.69, 9.17) is 4.74 Å². The normalized spacial score (nSPS) is 15.5. The number of carbonyl (C=O) groups is 2. The molecular weight excluding hydrogens is 544 g/mol. The average Bonchev–Trinajstić information content (AvgIpc) is 3.15. The summed E-state index contributed by atoms with van der Waals surface area (Å²) in [6.45, 7) is 9.94. The third-order valence-electron chi connectivity index (χ3n) is 5.48. The molecular formula is C21H30Br2N6O3. The highest BCUT2D eigenvalue weighted by molar-refractivity contribution is 9.10. The second kappa shape index (κ2) is 9.54. The number of halogens is 2. The molecule has 2 aromatic heterocycles. The highest BCUT2D eigenvalue weighted by Crippen LogP contribution is 2.27. The van der Waals surface area contributed by atoms with E-state index in [1.807, 2.05) is 49.1 Å². The van der Waals surface area contributed by atoms with Gasteiger partial charge in [0.1, 0.15) is 14.8 Å². The maximum Gasteiger partial charge on any atom is 0.410 e. The Morgan fingerprint density at radius 2 is 1.31 bits per heavy atom. The van der Waals surface area contributed by atoms with Crippen molar-refractivity contribution in [2.24, 2.45) is 14.1 Å². The number of nitrogens with zero attached hydrogens (tertiary/aromatic N) is 6. The zero-order valence-corrected chi connectivity index (χ0v) is 22.6. The minimum Gasteiger partial charge on any atom is -0.444 e. The summed E-state index contributed by atoms with van der Waals surface area (Å²) in [6.07, 6.45) is 1.44. The standard InChI is InChI=1S/C12H18BrN3O2.C9H12BrN3O/c1-12(2,3)18-11(17)16-6-5-9-8(7-16)10(13)14-15(9)4;1-6(14)13-4-3-8-7(5-13)9(10)11-12(8)2/h5-7H2,1-4H3;3-5H2,1-2H3. The average molecular weight is 574 g/mol. The van der Waals surface area contributed by atoms with Gasteiger partial charge in [0.25, 0.3) is 0 Å². The van der Waals surface area contributed by atoms with Crippen molar-refractivity contribution in [3.63, 3.8) is 0 Å². The number of ether oxygens (including phenoxy) is 1. The molecule has 0 aromatic carbocycles. The quantitative estimate of drug-likeness (QED) is 0.481. The van der Waals surface area contributed by atoms with E-state index in [-0.39, 0.29) is 12.0 Å². The Hall–Kier alpha value is -1.88. The predicted octanol–water partition coefficient (Wildman–Crippen LogP) is 3.56. The minimum absolute atomic E-state index is 0.131. The van der Waals surface area contributed by atoms with E-state index < -0.39 is 5.60 Å². The summed E-state index contributed by atoms with van der Waals surface area (Å²) in [4.78, 5) is 26.8. The maximum absolute atomic E-state index is 12.0. The monoisotopic (exact) mass is 572 g/mol. The summed E-state index contributed by atoms with van der Waals surface area (Å²) in [7, 11) is 3.86. The lowest BCUT2D eigenvalue weighted by atomic mass is 10.1. The molecule has 4 rings (SSSR count). The van der Waals surface area contributed by atoms with Gasteiger partial charge < -0.3 is 14.5 Å². The Kier molecular flexibility index (Phi) is 7.38. The lowest BCUT2D eigenvalue weighted by Crippen LogP contribution is -2.40. The molecule has 0 saturated heterocycles. The van der Waals surface area contributed by atoms with Gasteiger partial charge in [-0.15, -0.1) is 0 Å². The van der Waals surface area contributed by atoms with Crippen LogP contribution in [0.25, 0.3) is 0 Å². The summed E-state index contributed by atoms with van der Waals surface area (Å²) < 4.78 is 10.8. The molecule has 2 amide bonds. The van der Waals surface area contributed by atoms with Crippen LogP contribution in [0.2, 0.25) is 0 Å². The highest BCUT2D eigenvalue weighted by Gasteiger charge is 2.29. The first-order valence-electron chi connectivity index (χ1n) is 10.5. The highest BCUT2D eigenvalue weighted by atomic mass is 79.9. The summed E-state index contributed by atoms with van der Waals surface area (Å²) in [6, 6.07) is 0. The largest absolute Gasteiger partial charge is 0.444 e. The van der Waals surface area contributed by atoms with Crippen LogP contribution in [0.1, 0.15) is 50.2 Å². The van der Waals surface area contributed by atoms with Crippen molar-refractivity contribution in [1.29, 1.82) is 0 Å². The number of carbonyl (C=O) groups excluding carboxylic acids is 2. The molecule has 0 unspecified atom stereocenters. The number of amides is 2. The van der Waals surface area contributed by atoms with Crippen LogP contribution in [-0.2, 0) is 49.6 Å². The van der Waals surface area contributed by atoms with Gasteiger partial charge in [-0.3, -0.25) is 14.2 Å². The van der Waals surface area contributed by atoms with Gasteiger partial charge in [0, 0.05) is 69.5 Å². The molecule has 4 heterocycles. The van der Waals surface area contributed by atoms with Crippen molar-refractivity contribution >= 4 is 43.9 Å². The second-order valence-electron chi connectivity index (χ2n) is 9.02. The van der Waals surface area contributed by atoms with Gasteiger partial charge in [-0.2, -0.15) is 10.2 Å². The molecule has 11 heteroatoms. The van der Waals surface area contributed by atoms with E-state index in [1.54, 1.807) is 11.8 Å². The lowest BCUT2D eigenvalue weighted by molar-refractivity contribution is -0.129. The number of hydrogen-bond acceptors (Lipinski definition) is 5. The van der Waals surface area contributed by atoms with E-state index in [2.05, 4.69) is 42.1 Å². The van der Waals surface area contributed by atoms with E-state index in [0.717, 1.165) is 39.7 Å². The summed E-state index contributed by atoms with van der Waals surface area (Å²) in [5, 5.41) is 8.60. The van der Waals surface area contributed by atoms with E-state index in [1.165, 1.54) is 11.4 Å².